The van der Waals surface area contributed by atoms with Crippen LogP contribution in [0, 0.1) is 11.6 Å². The van der Waals surface area contributed by atoms with Crippen LogP contribution in [0.25, 0.3) is 5.65 Å². The Hall–Kier alpha value is -2.36. The summed E-state index contributed by atoms with van der Waals surface area (Å²) < 4.78 is 56.2. The van der Waals surface area contributed by atoms with Crippen molar-refractivity contribution in [3.05, 3.63) is 66.1 Å². The van der Waals surface area contributed by atoms with Crippen LogP contribution in [-0.4, -0.2) is 53.2 Å². The van der Waals surface area contributed by atoms with Crippen LogP contribution in [0.1, 0.15) is 5.69 Å². The molecule has 2 aromatic heterocycles. The average Bonchev–Trinajstić information content (AvgIpc) is 3.05. The SMILES string of the molecule is O=S(=O)(c1c(F)cccc1F)N1CCN(Cc2cnc3ccccn23)CC1. The number of halogens is 2. The standard InChI is InChI=1S/C18H18F2N4O2S/c19-15-4-3-5-16(20)18(15)27(25,26)23-10-8-22(9-11-23)13-14-12-21-17-6-1-2-7-24(14)17/h1-7,12H,8-11,13H2. The monoisotopic (exact) mass is 392 g/mol. The lowest BCUT2D eigenvalue weighted by Crippen LogP contribution is -2.48. The number of fused-ring (bicyclic) bond motifs is 1. The van der Waals surface area contributed by atoms with Crippen LogP contribution in [0.2, 0.25) is 0 Å². The Morgan fingerprint density at radius 2 is 1.67 bits per heavy atom. The fraction of sp³-hybridized carbons (Fsp3) is 0.278. The van der Waals surface area contributed by atoms with Gasteiger partial charge in [0, 0.05) is 38.9 Å². The number of piperazine rings is 1. The molecule has 0 unspecified atom stereocenters. The predicted octanol–water partition coefficient (Wildman–Crippen LogP) is 2.12. The molecule has 0 saturated carbocycles. The number of hydrogen-bond acceptors (Lipinski definition) is 4. The number of aromatic nitrogens is 2. The highest BCUT2D eigenvalue weighted by Crippen LogP contribution is 2.24. The van der Waals surface area contributed by atoms with Gasteiger partial charge >= 0.3 is 0 Å². The number of nitrogens with zero attached hydrogens (tertiary/aromatic N) is 4. The van der Waals surface area contributed by atoms with Gasteiger partial charge in [0.25, 0.3) is 0 Å². The lowest BCUT2D eigenvalue weighted by molar-refractivity contribution is 0.179. The van der Waals surface area contributed by atoms with E-state index in [1.807, 2.05) is 28.8 Å². The van der Waals surface area contributed by atoms with Crippen molar-refractivity contribution in [3.8, 4) is 0 Å². The molecular formula is C18H18F2N4O2S. The Morgan fingerprint density at radius 1 is 0.963 bits per heavy atom. The zero-order valence-electron chi connectivity index (χ0n) is 14.4. The minimum Gasteiger partial charge on any atom is -0.303 e. The molecule has 1 fully saturated rings. The number of pyridine rings is 1. The van der Waals surface area contributed by atoms with Crippen molar-refractivity contribution >= 4 is 15.7 Å². The number of sulfonamides is 1. The summed E-state index contributed by atoms with van der Waals surface area (Å²) in [5, 5.41) is 0. The highest BCUT2D eigenvalue weighted by atomic mass is 32.2. The van der Waals surface area contributed by atoms with E-state index in [0.717, 1.165) is 33.8 Å². The Morgan fingerprint density at radius 3 is 2.37 bits per heavy atom. The number of imidazole rings is 1. The maximum Gasteiger partial charge on any atom is 0.249 e. The highest BCUT2D eigenvalue weighted by molar-refractivity contribution is 7.89. The molecule has 3 heterocycles. The Kier molecular flexibility index (Phi) is 4.67. The van der Waals surface area contributed by atoms with E-state index in [2.05, 4.69) is 9.88 Å². The molecule has 27 heavy (non-hydrogen) atoms. The van der Waals surface area contributed by atoms with E-state index in [1.54, 1.807) is 6.20 Å². The van der Waals surface area contributed by atoms with E-state index in [0.29, 0.717) is 19.6 Å². The third kappa shape index (κ3) is 3.33. The molecule has 0 radical (unpaired) electrons. The Labute approximate surface area is 155 Å². The van der Waals surface area contributed by atoms with Gasteiger partial charge in [-0.15, -0.1) is 0 Å². The fourth-order valence-corrected chi connectivity index (χ4v) is 4.85. The lowest BCUT2D eigenvalue weighted by Gasteiger charge is -2.33. The van der Waals surface area contributed by atoms with Crippen LogP contribution in [-0.2, 0) is 16.6 Å². The molecule has 0 bridgehead atoms. The van der Waals surface area contributed by atoms with Gasteiger partial charge in [0.1, 0.15) is 17.3 Å². The van der Waals surface area contributed by atoms with E-state index in [1.165, 1.54) is 0 Å². The predicted molar refractivity (Wildman–Crippen MR) is 95.6 cm³/mol. The number of rotatable bonds is 4. The topological polar surface area (TPSA) is 57.9 Å². The first-order valence-electron chi connectivity index (χ1n) is 8.54. The lowest BCUT2D eigenvalue weighted by atomic mass is 10.3. The molecular weight excluding hydrogens is 374 g/mol. The van der Waals surface area contributed by atoms with Crippen LogP contribution in [0.3, 0.4) is 0 Å². The van der Waals surface area contributed by atoms with E-state index in [-0.39, 0.29) is 13.1 Å². The van der Waals surface area contributed by atoms with Crippen LogP contribution in [0.4, 0.5) is 8.78 Å². The van der Waals surface area contributed by atoms with Gasteiger partial charge in [0.2, 0.25) is 10.0 Å². The molecule has 0 atom stereocenters. The summed E-state index contributed by atoms with van der Waals surface area (Å²) in [6.45, 7) is 1.90. The third-order valence-electron chi connectivity index (χ3n) is 4.73. The van der Waals surface area contributed by atoms with Gasteiger partial charge < -0.3 is 4.40 Å². The number of benzene rings is 1. The number of hydrogen-bond donors (Lipinski definition) is 0. The van der Waals surface area contributed by atoms with Crippen molar-refractivity contribution < 1.29 is 17.2 Å². The maximum absolute atomic E-state index is 13.9. The van der Waals surface area contributed by atoms with Gasteiger partial charge in [-0.1, -0.05) is 12.1 Å². The summed E-state index contributed by atoms with van der Waals surface area (Å²) in [5.41, 5.74) is 1.85. The van der Waals surface area contributed by atoms with Crippen LogP contribution in [0.15, 0.2) is 53.7 Å². The summed E-state index contributed by atoms with van der Waals surface area (Å²) in [6, 6.07) is 8.81. The second kappa shape index (κ2) is 6.99. The van der Waals surface area contributed by atoms with Crippen LogP contribution in [0.5, 0.6) is 0 Å². The normalized spacial score (nSPS) is 16.8. The third-order valence-corrected chi connectivity index (χ3v) is 6.68. The van der Waals surface area contributed by atoms with Crippen molar-refractivity contribution in [3.63, 3.8) is 0 Å². The molecule has 0 amide bonds. The maximum atomic E-state index is 13.9. The zero-order chi connectivity index (χ0) is 19.0. The van der Waals surface area contributed by atoms with Crippen molar-refractivity contribution in [2.45, 2.75) is 11.4 Å². The highest BCUT2D eigenvalue weighted by Gasteiger charge is 2.33. The van der Waals surface area contributed by atoms with Crippen molar-refractivity contribution in [2.24, 2.45) is 0 Å². The van der Waals surface area contributed by atoms with Gasteiger partial charge in [-0.2, -0.15) is 4.31 Å². The van der Waals surface area contributed by atoms with E-state index >= 15 is 0 Å². The van der Waals surface area contributed by atoms with Gasteiger partial charge in [0.05, 0.1) is 11.9 Å². The molecule has 142 valence electrons. The van der Waals surface area contributed by atoms with Gasteiger partial charge in [0.15, 0.2) is 4.90 Å². The molecule has 3 aromatic rings. The summed E-state index contributed by atoms with van der Waals surface area (Å²) in [5.74, 6) is -2.13. The molecule has 1 aliphatic heterocycles. The van der Waals surface area contributed by atoms with Crippen molar-refractivity contribution in [2.75, 3.05) is 26.2 Å². The summed E-state index contributed by atoms with van der Waals surface area (Å²) in [4.78, 5) is 5.57. The molecule has 1 aliphatic rings. The molecule has 6 nitrogen and oxygen atoms in total. The molecule has 1 saturated heterocycles. The molecule has 1 aromatic carbocycles. The molecule has 0 spiro atoms. The first kappa shape index (κ1) is 18.0. The van der Waals surface area contributed by atoms with Crippen molar-refractivity contribution in [1.29, 1.82) is 0 Å². The Bertz CT molecular complexity index is 1060. The van der Waals surface area contributed by atoms with Gasteiger partial charge in [-0.25, -0.2) is 22.2 Å². The van der Waals surface area contributed by atoms with Gasteiger partial charge in [-0.3, -0.25) is 4.90 Å². The van der Waals surface area contributed by atoms with E-state index < -0.39 is 26.6 Å². The largest absolute Gasteiger partial charge is 0.303 e. The van der Waals surface area contributed by atoms with Crippen LogP contribution >= 0.6 is 0 Å². The van der Waals surface area contributed by atoms with Crippen molar-refractivity contribution in [1.82, 2.24) is 18.6 Å². The first-order valence-corrected chi connectivity index (χ1v) is 9.98. The Balaban J connectivity index is 1.47. The molecule has 0 aliphatic carbocycles. The summed E-state index contributed by atoms with van der Waals surface area (Å²) >= 11 is 0. The zero-order valence-corrected chi connectivity index (χ0v) is 15.2. The second-order valence-electron chi connectivity index (χ2n) is 6.41. The summed E-state index contributed by atoms with van der Waals surface area (Å²) in [6.07, 6.45) is 3.73. The van der Waals surface area contributed by atoms with Crippen LogP contribution < -0.4 is 0 Å². The van der Waals surface area contributed by atoms with E-state index in [4.69, 9.17) is 0 Å². The first-order chi connectivity index (χ1) is 13.0. The quantitative estimate of drug-likeness (QED) is 0.683. The average molecular weight is 392 g/mol. The van der Waals surface area contributed by atoms with Gasteiger partial charge in [-0.05, 0) is 24.3 Å². The molecule has 0 N–H and O–H groups in total. The molecule has 9 heteroatoms. The fourth-order valence-electron chi connectivity index (χ4n) is 3.32. The second-order valence-corrected chi connectivity index (χ2v) is 8.28. The summed E-state index contributed by atoms with van der Waals surface area (Å²) in [7, 11) is -4.20. The smallest absolute Gasteiger partial charge is 0.249 e. The minimum absolute atomic E-state index is 0.173. The van der Waals surface area contributed by atoms with E-state index in [9.17, 15) is 17.2 Å². The minimum atomic E-state index is -4.20. The molecule has 4 rings (SSSR count).